The second kappa shape index (κ2) is 4.48. The van der Waals surface area contributed by atoms with Gasteiger partial charge in [-0.2, -0.15) is 0 Å². The first-order chi connectivity index (χ1) is 5.74. The average molecular weight is 230 g/mol. The number of hydrogen-bond acceptors (Lipinski definition) is 2. The van der Waals surface area contributed by atoms with Crippen molar-refractivity contribution in [1.29, 1.82) is 0 Å². The first kappa shape index (κ1) is 9.55. The van der Waals surface area contributed by atoms with E-state index in [2.05, 4.69) is 21.2 Å². The van der Waals surface area contributed by atoms with Crippen LogP contribution < -0.4 is 5.32 Å². The van der Waals surface area contributed by atoms with Crippen molar-refractivity contribution in [3.63, 3.8) is 0 Å². The van der Waals surface area contributed by atoms with Crippen LogP contribution in [-0.4, -0.2) is 18.3 Å². The highest BCUT2D eigenvalue weighted by atomic mass is 79.9. The summed E-state index contributed by atoms with van der Waals surface area (Å²) in [5, 5.41) is 11.7. The number of nitrogens with one attached hydrogen (secondary N) is 1. The van der Waals surface area contributed by atoms with E-state index in [0.29, 0.717) is 6.54 Å². The molecule has 0 heterocycles. The maximum absolute atomic E-state index is 8.60. The molecule has 12 heavy (non-hydrogen) atoms. The first-order valence-corrected chi connectivity index (χ1v) is 4.64. The van der Waals surface area contributed by atoms with Crippen molar-refractivity contribution < 1.29 is 5.11 Å². The van der Waals surface area contributed by atoms with Crippen LogP contribution in [0.25, 0.3) is 0 Å². The fraction of sp³-hybridized carbons (Fsp3) is 0.333. The van der Waals surface area contributed by atoms with Gasteiger partial charge in [0.15, 0.2) is 0 Å². The summed E-state index contributed by atoms with van der Waals surface area (Å²) in [5.41, 5.74) is 2.24. The van der Waals surface area contributed by atoms with Crippen LogP contribution in [-0.2, 0) is 0 Å². The monoisotopic (exact) mass is 229 g/mol. The molecule has 0 radical (unpaired) electrons. The molecule has 3 heteroatoms. The molecule has 0 saturated carbocycles. The van der Waals surface area contributed by atoms with Gasteiger partial charge in [-0.1, -0.05) is 6.07 Å². The third-order valence-corrected chi connectivity index (χ3v) is 2.21. The quantitative estimate of drug-likeness (QED) is 0.833. The van der Waals surface area contributed by atoms with Gasteiger partial charge in [-0.25, -0.2) is 0 Å². The van der Waals surface area contributed by atoms with Gasteiger partial charge in [0, 0.05) is 16.7 Å². The molecule has 0 aromatic heterocycles. The summed E-state index contributed by atoms with van der Waals surface area (Å²) in [6.07, 6.45) is 0. The molecule has 1 aromatic carbocycles. The molecular formula is C9H12BrNO. The normalized spacial score (nSPS) is 9.92. The van der Waals surface area contributed by atoms with Crippen LogP contribution in [0.3, 0.4) is 0 Å². The van der Waals surface area contributed by atoms with Gasteiger partial charge in [-0.15, -0.1) is 0 Å². The summed E-state index contributed by atoms with van der Waals surface area (Å²) >= 11 is 3.43. The summed E-state index contributed by atoms with van der Waals surface area (Å²) in [6.45, 7) is 2.78. The van der Waals surface area contributed by atoms with Crippen molar-refractivity contribution >= 4 is 21.6 Å². The molecule has 0 saturated heterocycles. The van der Waals surface area contributed by atoms with Crippen molar-refractivity contribution in [3.8, 4) is 0 Å². The SMILES string of the molecule is Cc1ccc(NCCO)c(Br)c1. The number of aliphatic hydroxyl groups is 1. The van der Waals surface area contributed by atoms with Crippen LogP contribution in [0.15, 0.2) is 22.7 Å². The van der Waals surface area contributed by atoms with E-state index in [-0.39, 0.29) is 6.61 Å². The molecule has 0 spiro atoms. The van der Waals surface area contributed by atoms with Gasteiger partial charge >= 0.3 is 0 Å². The maximum atomic E-state index is 8.60. The fourth-order valence-electron chi connectivity index (χ4n) is 0.954. The highest BCUT2D eigenvalue weighted by molar-refractivity contribution is 9.10. The second-order valence-corrected chi connectivity index (χ2v) is 3.49. The van der Waals surface area contributed by atoms with Crippen molar-refractivity contribution in [2.24, 2.45) is 0 Å². The molecule has 0 unspecified atom stereocenters. The molecule has 0 fully saturated rings. The largest absolute Gasteiger partial charge is 0.395 e. The Bertz CT molecular complexity index is 263. The lowest BCUT2D eigenvalue weighted by Gasteiger charge is -2.06. The zero-order valence-electron chi connectivity index (χ0n) is 6.97. The lowest BCUT2D eigenvalue weighted by molar-refractivity contribution is 0.311. The summed E-state index contributed by atoms with van der Waals surface area (Å²) in [6, 6.07) is 6.07. The van der Waals surface area contributed by atoms with Crippen molar-refractivity contribution in [2.45, 2.75) is 6.92 Å². The minimum Gasteiger partial charge on any atom is -0.395 e. The molecule has 1 rings (SSSR count). The lowest BCUT2D eigenvalue weighted by atomic mass is 10.2. The highest BCUT2D eigenvalue weighted by Crippen LogP contribution is 2.22. The van der Waals surface area contributed by atoms with Gasteiger partial charge in [0.2, 0.25) is 0 Å². The molecule has 2 nitrogen and oxygen atoms in total. The molecule has 0 bridgehead atoms. The van der Waals surface area contributed by atoms with Crippen LogP contribution in [0, 0.1) is 6.92 Å². The Balaban J connectivity index is 2.72. The van der Waals surface area contributed by atoms with E-state index in [9.17, 15) is 0 Å². The van der Waals surface area contributed by atoms with E-state index < -0.39 is 0 Å². The summed E-state index contributed by atoms with van der Waals surface area (Å²) in [4.78, 5) is 0. The number of rotatable bonds is 3. The Morgan fingerprint density at radius 3 is 2.83 bits per heavy atom. The van der Waals surface area contributed by atoms with Gasteiger partial charge in [0.25, 0.3) is 0 Å². The first-order valence-electron chi connectivity index (χ1n) is 3.85. The Labute approximate surface area is 80.7 Å². The van der Waals surface area contributed by atoms with E-state index in [1.165, 1.54) is 5.56 Å². The van der Waals surface area contributed by atoms with Crippen LogP contribution in [0.2, 0.25) is 0 Å². The summed E-state index contributed by atoms with van der Waals surface area (Å²) in [5.74, 6) is 0. The van der Waals surface area contributed by atoms with Crippen LogP contribution >= 0.6 is 15.9 Å². The molecule has 2 N–H and O–H groups in total. The Morgan fingerprint density at radius 1 is 1.50 bits per heavy atom. The molecular weight excluding hydrogens is 218 g/mol. The zero-order chi connectivity index (χ0) is 8.97. The Kier molecular flexibility index (Phi) is 3.56. The Hall–Kier alpha value is -0.540. The number of benzene rings is 1. The summed E-state index contributed by atoms with van der Waals surface area (Å²) in [7, 11) is 0. The molecule has 0 atom stereocenters. The molecule has 0 amide bonds. The van der Waals surface area contributed by atoms with E-state index in [1.54, 1.807) is 0 Å². The van der Waals surface area contributed by atoms with E-state index in [0.717, 1.165) is 10.2 Å². The topological polar surface area (TPSA) is 32.3 Å². The molecule has 66 valence electrons. The number of aliphatic hydroxyl groups excluding tert-OH is 1. The van der Waals surface area contributed by atoms with E-state index in [4.69, 9.17) is 5.11 Å². The van der Waals surface area contributed by atoms with Gasteiger partial charge in [-0.3, -0.25) is 0 Å². The van der Waals surface area contributed by atoms with Crippen molar-refractivity contribution in [2.75, 3.05) is 18.5 Å². The van der Waals surface area contributed by atoms with Crippen LogP contribution in [0.5, 0.6) is 0 Å². The molecule has 1 aromatic rings. The minimum atomic E-state index is 0.153. The highest BCUT2D eigenvalue weighted by Gasteiger charge is 1.97. The van der Waals surface area contributed by atoms with Crippen LogP contribution in [0.4, 0.5) is 5.69 Å². The third kappa shape index (κ3) is 2.50. The molecule has 0 aliphatic heterocycles. The predicted octanol–water partition coefficient (Wildman–Crippen LogP) is 2.16. The average Bonchev–Trinajstić information content (AvgIpc) is 2.03. The number of halogens is 1. The third-order valence-electron chi connectivity index (χ3n) is 1.55. The van der Waals surface area contributed by atoms with Gasteiger partial charge in [-0.05, 0) is 40.5 Å². The van der Waals surface area contributed by atoms with Crippen molar-refractivity contribution in [1.82, 2.24) is 0 Å². The van der Waals surface area contributed by atoms with Gasteiger partial charge < -0.3 is 10.4 Å². The van der Waals surface area contributed by atoms with Gasteiger partial charge in [0.05, 0.1) is 6.61 Å². The smallest absolute Gasteiger partial charge is 0.0604 e. The predicted molar refractivity (Wildman–Crippen MR) is 54.5 cm³/mol. The number of anilines is 1. The van der Waals surface area contributed by atoms with E-state index >= 15 is 0 Å². The standard InChI is InChI=1S/C9H12BrNO/c1-7-2-3-9(8(10)6-7)11-4-5-12/h2-3,6,11-12H,4-5H2,1H3. The summed E-state index contributed by atoms with van der Waals surface area (Å²) < 4.78 is 1.04. The maximum Gasteiger partial charge on any atom is 0.0604 e. The van der Waals surface area contributed by atoms with Gasteiger partial charge in [0.1, 0.15) is 0 Å². The second-order valence-electron chi connectivity index (χ2n) is 2.63. The van der Waals surface area contributed by atoms with E-state index in [1.807, 2.05) is 25.1 Å². The minimum absolute atomic E-state index is 0.153. The molecule has 0 aliphatic rings. The number of hydrogen-bond donors (Lipinski definition) is 2. The lowest BCUT2D eigenvalue weighted by Crippen LogP contribution is -2.05. The van der Waals surface area contributed by atoms with Crippen molar-refractivity contribution in [3.05, 3.63) is 28.2 Å². The fourth-order valence-corrected chi connectivity index (χ4v) is 1.59. The Morgan fingerprint density at radius 2 is 2.25 bits per heavy atom. The van der Waals surface area contributed by atoms with Crippen LogP contribution in [0.1, 0.15) is 5.56 Å². The number of aryl methyl sites for hydroxylation is 1. The zero-order valence-corrected chi connectivity index (χ0v) is 8.56. The molecule has 0 aliphatic carbocycles.